The summed E-state index contributed by atoms with van der Waals surface area (Å²) in [4.78, 5) is 55.6. The van der Waals surface area contributed by atoms with Gasteiger partial charge < -0.3 is 11.1 Å². The Balaban J connectivity index is 0.000000561. The number of carbonyl (C=O) groups excluding carboxylic acids is 5. The van der Waals surface area contributed by atoms with E-state index >= 15 is 0 Å². The lowest BCUT2D eigenvalue weighted by molar-refractivity contribution is -0.130. The first-order valence-corrected chi connectivity index (χ1v) is 10.3. The molecule has 30 heavy (non-hydrogen) atoms. The molecule has 166 valence electrons. The third-order valence-electron chi connectivity index (χ3n) is 4.55. The van der Waals surface area contributed by atoms with Crippen molar-refractivity contribution in [3.63, 3.8) is 0 Å². The van der Waals surface area contributed by atoms with E-state index in [2.05, 4.69) is 19.2 Å². The van der Waals surface area contributed by atoms with Gasteiger partial charge >= 0.3 is 0 Å². The van der Waals surface area contributed by atoms with E-state index in [0.29, 0.717) is 18.0 Å². The second-order valence-corrected chi connectivity index (χ2v) is 7.28. The molecule has 1 aromatic carbocycles. The average Bonchev–Trinajstić information content (AvgIpc) is 2.68. The van der Waals surface area contributed by atoms with Crippen molar-refractivity contribution in [3.05, 3.63) is 35.9 Å². The Morgan fingerprint density at radius 3 is 2.03 bits per heavy atom. The maximum absolute atomic E-state index is 11.7. The summed E-state index contributed by atoms with van der Waals surface area (Å²) in [7, 11) is 0. The summed E-state index contributed by atoms with van der Waals surface area (Å²) in [5.41, 5.74) is 5.31. The minimum Gasteiger partial charge on any atom is -0.369 e. The Hall–Kier alpha value is -2.83. The minimum absolute atomic E-state index is 0.0181. The number of hydrogen-bond acceptors (Lipinski definition) is 5. The van der Waals surface area contributed by atoms with Gasteiger partial charge in [0, 0.05) is 12.1 Å². The van der Waals surface area contributed by atoms with Gasteiger partial charge in [-0.15, -0.1) is 0 Å². The zero-order valence-corrected chi connectivity index (χ0v) is 18.4. The molecule has 1 rings (SSSR count). The molecule has 0 heterocycles. The van der Waals surface area contributed by atoms with Gasteiger partial charge in [0.05, 0.1) is 6.42 Å². The highest BCUT2D eigenvalue weighted by Crippen LogP contribution is 2.11. The Morgan fingerprint density at radius 2 is 1.60 bits per heavy atom. The first-order chi connectivity index (χ1) is 14.1. The molecule has 0 aliphatic carbocycles. The van der Waals surface area contributed by atoms with Crippen LogP contribution in [0.2, 0.25) is 0 Å². The molecule has 0 spiro atoms. The van der Waals surface area contributed by atoms with E-state index in [1.807, 2.05) is 0 Å². The summed E-state index contributed by atoms with van der Waals surface area (Å²) < 4.78 is 0. The van der Waals surface area contributed by atoms with Crippen molar-refractivity contribution < 1.29 is 24.0 Å². The molecule has 0 aliphatic rings. The third kappa shape index (κ3) is 11.2. The number of hydrogen-bond donors (Lipinski definition) is 2. The molecule has 0 saturated carbocycles. The number of Topliss-reactive ketones (excluding diaryl/α,β-unsaturated/α-hetero) is 3. The lowest BCUT2D eigenvalue weighted by Crippen LogP contribution is -2.35. The smallest absolute Gasteiger partial charge is 0.235 e. The van der Waals surface area contributed by atoms with Crippen molar-refractivity contribution in [2.24, 2.45) is 17.6 Å². The number of benzene rings is 1. The topological polar surface area (TPSA) is 123 Å². The third-order valence-corrected chi connectivity index (χ3v) is 4.55. The monoisotopic (exact) mass is 418 g/mol. The van der Waals surface area contributed by atoms with Gasteiger partial charge in [0.2, 0.25) is 11.8 Å². The zero-order chi connectivity index (χ0) is 23.1. The van der Waals surface area contributed by atoms with Crippen LogP contribution in [0.1, 0.15) is 70.2 Å². The quantitative estimate of drug-likeness (QED) is 0.399. The second-order valence-electron chi connectivity index (χ2n) is 7.28. The normalized spacial score (nSPS) is 12.0. The molecule has 7 nitrogen and oxygen atoms in total. The number of carbonyl (C=O) groups is 5. The molecule has 0 radical (unpaired) electrons. The Bertz CT molecular complexity index is 702. The lowest BCUT2D eigenvalue weighted by atomic mass is 9.94. The maximum atomic E-state index is 11.7. The standard InChI is InChI=1S/C12H23NO2.C11H11NO3/c1-4-6-7-11(5-2)9-13-12(15)8-10(3)14;1-7(13)9(11(12)15)10(14)8-5-3-2-4-6-8/h11H,4-9H2,1-3H3,(H,13,15);2-6,9H,1H3,(H2,12,15). The van der Waals surface area contributed by atoms with Gasteiger partial charge in [-0.1, -0.05) is 63.4 Å². The minimum atomic E-state index is -1.37. The first-order valence-electron chi connectivity index (χ1n) is 10.3. The zero-order valence-electron chi connectivity index (χ0n) is 18.4. The molecule has 3 N–H and O–H groups in total. The number of nitrogens with two attached hydrogens (primary N) is 1. The first kappa shape index (κ1) is 27.2. The van der Waals surface area contributed by atoms with Gasteiger partial charge in [-0.3, -0.25) is 24.0 Å². The molecular formula is C23H34N2O5. The predicted octanol–water partition coefficient (Wildman–Crippen LogP) is 2.86. The van der Waals surface area contributed by atoms with Crippen LogP contribution in [0.5, 0.6) is 0 Å². The number of unbranched alkanes of at least 4 members (excludes halogenated alkanes) is 1. The van der Waals surface area contributed by atoms with Crippen molar-refractivity contribution in [2.75, 3.05) is 6.54 Å². The van der Waals surface area contributed by atoms with Crippen molar-refractivity contribution in [1.29, 1.82) is 0 Å². The Morgan fingerprint density at radius 1 is 1.00 bits per heavy atom. The Labute approximate surface area is 178 Å². The summed E-state index contributed by atoms with van der Waals surface area (Å²) in [6.45, 7) is 7.63. The number of amides is 2. The van der Waals surface area contributed by atoms with Gasteiger partial charge in [-0.05, 0) is 26.2 Å². The summed E-state index contributed by atoms with van der Waals surface area (Å²) in [5.74, 6) is -3.01. The van der Waals surface area contributed by atoms with Crippen molar-refractivity contribution >= 4 is 29.2 Å². The van der Waals surface area contributed by atoms with Crippen LogP contribution in [0, 0.1) is 11.8 Å². The number of rotatable bonds is 12. The summed E-state index contributed by atoms with van der Waals surface area (Å²) in [6, 6.07) is 8.14. The molecule has 0 aliphatic heterocycles. The lowest BCUT2D eigenvalue weighted by Gasteiger charge is -2.14. The van der Waals surface area contributed by atoms with Gasteiger partial charge in [0.15, 0.2) is 11.7 Å². The molecule has 7 heteroatoms. The summed E-state index contributed by atoms with van der Waals surface area (Å²) in [6.07, 6.45) is 4.66. The van der Waals surface area contributed by atoms with E-state index in [-0.39, 0.29) is 18.1 Å². The van der Waals surface area contributed by atoms with E-state index in [9.17, 15) is 24.0 Å². The van der Waals surface area contributed by atoms with Crippen molar-refractivity contribution in [3.8, 4) is 0 Å². The molecule has 1 aromatic rings. The largest absolute Gasteiger partial charge is 0.369 e. The van der Waals surface area contributed by atoms with E-state index in [1.54, 1.807) is 30.3 Å². The van der Waals surface area contributed by atoms with E-state index in [0.717, 1.165) is 12.8 Å². The average molecular weight is 419 g/mol. The van der Waals surface area contributed by atoms with Crippen molar-refractivity contribution in [1.82, 2.24) is 5.32 Å². The van der Waals surface area contributed by atoms with Crippen LogP contribution in [-0.4, -0.2) is 35.7 Å². The second kappa shape index (κ2) is 15.1. The summed E-state index contributed by atoms with van der Waals surface area (Å²) >= 11 is 0. The molecule has 0 bridgehead atoms. The summed E-state index contributed by atoms with van der Waals surface area (Å²) in [5, 5.41) is 2.81. The molecule has 0 aromatic heterocycles. The predicted molar refractivity (Wildman–Crippen MR) is 116 cm³/mol. The van der Waals surface area contributed by atoms with Gasteiger partial charge in [0.1, 0.15) is 11.6 Å². The highest BCUT2D eigenvalue weighted by atomic mass is 16.2. The molecule has 2 unspecified atom stereocenters. The fourth-order valence-electron chi connectivity index (χ4n) is 2.77. The SMILES string of the molecule is CC(=O)C(C(N)=O)C(=O)c1ccccc1.CCCCC(CC)CNC(=O)CC(C)=O. The van der Waals surface area contributed by atoms with Crippen LogP contribution < -0.4 is 11.1 Å². The molecule has 0 fully saturated rings. The van der Waals surface area contributed by atoms with E-state index < -0.39 is 23.4 Å². The number of primary amides is 1. The van der Waals surface area contributed by atoms with Crippen molar-refractivity contribution in [2.45, 2.75) is 59.8 Å². The fourth-order valence-corrected chi connectivity index (χ4v) is 2.77. The number of nitrogens with one attached hydrogen (secondary N) is 1. The Kier molecular flexibility index (Phi) is 13.6. The highest BCUT2D eigenvalue weighted by molar-refractivity contribution is 6.22. The van der Waals surface area contributed by atoms with Crippen LogP contribution in [0.4, 0.5) is 0 Å². The van der Waals surface area contributed by atoms with Gasteiger partial charge in [0.25, 0.3) is 0 Å². The van der Waals surface area contributed by atoms with Crippen LogP contribution in [0.15, 0.2) is 30.3 Å². The molecular weight excluding hydrogens is 384 g/mol. The number of ketones is 3. The fraction of sp³-hybridized carbons (Fsp3) is 0.522. The maximum Gasteiger partial charge on any atom is 0.235 e. The highest BCUT2D eigenvalue weighted by Gasteiger charge is 2.29. The van der Waals surface area contributed by atoms with Crippen LogP contribution in [0.3, 0.4) is 0 Å². The molecule has 2 amide bonds. The van der Waals surface area contributed by atoms with Crippen LogP contribution >= 0.6 is 0 Å². The van der Waals surface area contributed by atoms with E-state index in [4.69, 9.17) is 5.73 Å². The van der Waals surface area contributed by atoms with Crippen LogP contribution in [-0.2, 0) is 19.2 Å². The molecule has 0 saturated heterocycles. The van der Waals surface area contributed by atoms with E-state index in [1.165, 1.54) is 26.7 Å². The van der Waals surface area contributed by atoms with Gasteiger partial charge in [-0.25, -0.2) is 0 Å². The molecule has 2 atom stereocenters. The van der Waals surface area contributed by atoms with Crippen LogP contribution in [0.25, 0.3) is 0 Å². The van der Waals surface area contributed by atoms with Gasteiger partial charge in [-0.2, -0.15) is 0 Å².